The monoisotopic (exact) mass is 278 g/mol. The lowest BCUT2D eigenvalue weighted by Gasteiger charge is -2.33. The van der Waals surface area contributed by atoms with Crippen molar-refractivity contribution in [2.75, 3.05) is 18.0 Å². The molecular formula is C14H18N2O4. The van der Waals surface area contributed by atoms with Crippen molar-refractivity contribution in [3.8, 4) is 0 Å². The van der Waals surface area contributed by atoms with Crippen LogP contribution in [0.1, 0.15) is 36.5 Å². The summed E-state index contributed by atoms with van der Waals surface area (Å²) >= 11 is 0. The molecule has 1 heterocycles. The summed E-state index contributed by atoms with van der Waals surface area (Å²) in [6.07, 6.45) is 3.13. The third-order valence-electron chi connectivity index (χ3n) is 3.86. The van der Waals surface area contributed by atoms with Gasteiger partial charge in [0, 0.05) is 13.1 Å². The van der Waals surface area contributed by atoms with Crippen LogP contribution in [-0.4, -0.2) is 29.1 Å². The van der Waals surface area contributed by atoms with Gasteiger partial charge in [0.1, 0.15) is 11.3 Å². The first-order chi connectivity index (χ1) is 9.54. The van der Waals surface area contributed by atoms with E-state index in [0.29, 0.717) is 11.6 Å². The van der Waals surface area contributed by atoms with Gasteiger partial charge < -0.3 is 10.0 Å². The lowest BCUT2D eigenvalue weighted by molar-refractivity contribution is -0.384. The molecule has 0 radical (unpaired) electrons. The van der Waals surface area contributed by atoms with Gasteiger partial charge in [-0.2, -0.15) is 0 Å². The SMILES string of the molecule is CCC1CCCN(c2cccc(C(=O)O)c2[N+](=O)[O-])C1. The van der Waals surface area contributed by atoms with E-state index in [4.69, 9.17) is 5.11 Å². The summed E-state index contributed by atoms with van der Waals surface area (Å²) < 4.78 is 0. The van der Waals surface area contributed by atoms with Crippen molar-refractivity contribution in [2.24, 2.45) is 5.92 Å². The average molecular weight is 278 g/mol. The van der Waals surface area contributed by atoms with E-state index in [1.54, 1.807) is 12.1 Å². The smallest absolute Gasteiger partial charge is 0.342 e. The van der Waals surface area contributed by atoms with Gasteiger partial charge in [-0.3, -0.25) is 10.1 Å². The highest BCUT2D eigenvalue weighted by Crippen LogP contribution is 2.34. The number of nitro benzene ring substituents is 1. The Morgan fingerprint density at radius 3 is 2.90 bits per heavy atom. The number of aromatic carboxylic acids is 1. The fraction of sp³-hybridized carbons (Fsp3) is 0.500. The second-order valence-corrected chi connectivity index (χ2v) is 5.10. The van der Waals surface area contributed by atoms with Crippen LogP contribution in [0.3, 0.4) is 0 Å². The Morgan fingerprint density at radius 1 is 1.55 bits per heavy atom. The van der Waals surface area contributed by atoms with Crippen LogP contribution in [-0.2, 0) is 0 Å². The fourth-order valence-electron chi connectivity index (χ4n) is 2.77. The van der Waals surface area contributed by atoms with E-state index in [9.17, 15) is 14.9 Å². The van der Waals surface area contributed by atoms with Crippen molar-refractivity contribution in [1.29, 1.82) is 0 Å². The molecule has 1 N–H and O–H groups in total. The summed E-state index contributed by atoms with van der Waals surface area (Å²) in [5.74, 6) is -0.751. The van der Waals surface area contributed by atoms with Gasteiger partial charge in [0.2, 0.25) is 0 Å². The molecule has 6 heteroatoms. The first kappa shape index (κ1) is 14.3. The lowest BCUT2D eigenvalue weighted by Crippen LogP contribution is -2.35. The number of hydrogen-bond donors (Lipinski definition) is 1. The van der Waals surface area contributed by atoms with Gasteiger partial charge in [-0.15, -0.1) is 0 Å². The molecule has 0 amide bonds. The van der Waals surface area contributed by atoms with Crippen molar-refractivity contribution in [3.05, 3.63) is 33.9 Å². The lowest BCUT2D eigenvalue weighted by atomic mass is 9.95. The Morgan fingerprint density at radius 2 is 2.30 bits per heavy atom. The van der Waals surface area contributed by atoms with Gasteiger partial charge >= 0.3 is 11.7 Å². The number of nitrogens with zero attached hydrogens (tertiary/aromatic N) is 2. The molecule has 1 aliphatic heterocycles. The van der Waals surface area contributed by atoms with E-state index in [1.807, 2.05) is 4.90 Å². The van der Waals surface area contributed by atoms with Crippen molar-refractivity contribution in [1.82, 2.24) is 0 Å². The predicted octanol–water partition coefficient (Wildman–Crippen LogP) is 2.92. The fourth-order valence-corrected chi connectivity index (χ4v) is 2.77. The second kappa shape index (κ2) is 5.90. The van der Waals surface area contributed by atoms with Gasteiger partial charge in [0.05, 0.1) is 4.92 Å². The van der Waals surface area contributed by atoms with Crippen LogP contribution in [0.4, 0.5) is 11.4 Å². The van der Waals surface area contributed by atoms with E-state index in [0.717, 1.165) is 32.4 Å². The number of benzene rings is 1. The zero-order valence-electron chi connectivity index (χ0n) is 11.4. The van der Waals surface area contributed by atoms with Crippen LogP contribution >= 0.6 is 0 Å². The summed E-state index contributed by atoms with van der Waals surface area (Å²) in [5, 5.41) is 20.4. The van der Waals surface area contributed by atoms with Crippen LogP contribution in [0.25, 0.3) is 0 Å². The second-order valence-electron chi connectivity index (χ2n) is 5.10. The molecule has 1 fully saturated rings. The van der Waals surface area contributed by atoms with E-state index >= 15 is 0 Å². The Hall–Kier alpha value is -2.11. The first-order valence-corrected chi connectivity index (χ1v) is 6.80. The largest absolute Gasteiger partial charge is 0.477 e. The molecule has 1 atom stereocenters. The number of para-hydroxylation sites is 1. The molecule has 1 saturated heterocycles. The topological polar surface area (TPSA) is 83.7 Å². The number of hydrogen-bond acceptors (Lipinski definition) is 4. The Kier molecular flexibility index (Phi) is 4.22. The Balaban J connectivity index is 2.43. The van der Waals surface area contributed by atoms with Crippen LogP contribution in [0.2, 0.25) is 0 Å². The number of carbonyl (C=O) groups is 1. The molecular weight excluding hydrogens is 260 g/mol. The number of nitro groups is 1. The minimum atomic E-state index is -1.26. The van der Waals surface area contributed by atoms with E-state index in [1.165, 1.54) is 6.07 Å². The molecule has 1 aromatic carbocycles. The molecule has 2 rings (SSSR count). The molecule has 1 aliphatic rings. The third-order valence-corrected chi connectivity index (χ3v) is 3.86. The molecule has 20 heavy (non-hydrogen) atoms. The summed E-state index contributed by atoms with van der Waals surface area (Å²) in [6.45, 7) is 3.59. The predicted molar refractivity (Wildman–Crippen MR) is 75.3 cm³/mol. The van der Waals surface area contributed by atoms with E-state index in [2.05, 4.69) is 6.92 Å². The molecule has 1 aromatic rings. The van der Waals surface area contributed by atoms with Crippen molar-refractivity contribution >= 4 is 17.3 Å². The van der Waals surface area contributed by atoms with Gasteiger partial charge in [-0.1, -0.05) is 19.4 Å². The minimum Gasteiger partial charge on any atom is -0.477 e. The van der Waals surface area contributed by atoms with Crippen LogP contribution in [0.15, 0.2) is 18.2 Å². The highest BCUT2D eigenvalue weighted by atomic mass is 16.6. The van der Waals surface area contributed by atoms with Gasteiger partial charge in [0.15, 0.2) is 0 Å². The highest BCUT2D eigenvalue weighted by Gasteiger charge is 2.29. The number of carboxylic acid groups (broad SMARTS) is 1. The molecule has 6 nitrogen and oxygen atoms in total. The highest BCUT2D eigenvalue weighted by molar-refractivity contribution is 5.95. The Labute approximate surface area is 117 Å². The molecule has 0 spiro atoms. The quantitative estimate of drug-likeness (QED) is 0.676. The molecule has 1 unspecified atom stereocenters. The van der Waals surface area contributed by atoms with Crippen LogP contribution in [0, 0.1) is 16.0 Å². The van der Waals surface area contributed by atoms with Crippen LogP contribution in [0.5, 0.6) is 0 Å². The molecule has 108 valence electrons. The number of anilines is 1. The zero-order valence-corrected chi connectivity index (χ0v) is 11.4. The van der Waals surface area contributed by atoms with Crippen molar-refractivity contribution < 1.29 is 14.8 Å². The Bertz CT molecular complexity index is 530. The molecule has 0 saturated carbocycles. The summed E-state index contributed by atoms with van der Waals surface area (Å²) in [6, 6.07) is 4.50. The maximum absolute atomic E-state index is 11.3. The summed E-state index contributed by atoms with van der Waals surface area (Å²) in [4.78, 5) is 23.8. The molecule has 0 aliphatic carbocycles. The minimum absolute atomic E-state index is 0.244. The van der Waals surface area contributed by atoms with E-state index < -0.39 is 10.9 Å². The summed E-state index contributed by atoms with van der Waals surface area (Å²) in [7, 11) is 0. The number of piperidine rings is 1. The van der Waals surface area contributed by atoms with Gasteiger partial charge in [-0.25, -0.2) is 4.79 Å². The zero-order chi connectivity index (χ0) is 14.7. The standard InChI is InChI=1S/C14H18N2O4/c1-2-10-5-4-8-15(9-10)12-7-3-6-11(14(17)18)13(12)16(19)20/h3,6-7,10H,2,4-5,8-9H2,1H3,(H,17,18). The third kappa shape index (κ3) is 2.74. The number of rotatable bonds is 4. The van der Waals surface area contributed by atoms with Crippen molar-refractivity contribution in [2.45, 2.75) is 26.2 Å². The normalized spacial score (nSPS) is 18.9. The molecule has 0 aromatic heterocycles. The van der Waals surface area contributed by atoms with E-state index in [-0.39, 0.29) is 11.3 Å². The average Bonchev–Trinajstić information content (AvgIpc) is 2.46. The van der Waals surface area contributed by atoms with Gasteiger partial charge in [-0.05, 0) is 30.9 Å². The first-order valence-electron chi connectivity index (χ1n) is 6.80. The maximum atomic E-state index is 11.3. The van der Waals surface area contributed by atoms with Crippen molar-refractivity contribution in [3.63, 3.8) is 0 Å². The number of carboxylic acids is 1. The van der Waals surface area contributed by atoms with Crippen LogP contribution < -0.4 is 4.90 Å². The maximum Gasteiger partial charge on any atom is 0.342 e. The summed E-state index contributed by atoms with van der Waals surface area (Å²) in [5.41, 5.74) is -0.115. The molecule has 0 bridgehead atoms. The van der Waals surface area contributed by atoms with Gasteiger partial charge in [0.25, 0.3) is 0 Å².